The second kappa shape index (κ2) is 6.55. The number of thiophene rings is 1. The van der Waals surface area contributed by atoms with Gasteiger partial charge in [-0.1, -0.05) is 17.7 Å². The lowest BCUT2D eigenvalue weighted by Crippen LogP contribution is -2.09. The molecule has 0 spiro atoms. The average Bonchev–Trinajstić information content (AvgIpc) is 3.17. The van der Waals surface area contributed by atoms with Crippen LogP contribution in [0.5, 0.6) is 0 Å². The highest BCUT2D eigenvalue weighted by molar-refractivity contribution is 7.20. The first-order valence-electron chi connectivity index (χ1n) is 7.83. The molecule has 0 aliphatic carbocycles. The Kier molecular flexibility index (Phi) is 4.22. The number of halogens is 2. The molecule has 2 aromatic carbocycles. The van der Waals surface area contributed by atoms with Crippen LogP contribution in [0.1, 0.15) is 15.4 Å². The first-order chi connectivity index (χ1) is 12.5. The van der Waals surface area contributed by atoms with Gasteiger partial charge in [-0.15, -0.1) is 11.3 Å². The number of amides is 1. The third kappa shape index (κ3) is 3.09. The van der Waals surface area contributed by atoms with Gasteiger partial charge in [0.2, 0.25) is 0 Å². The van der Waals surface area contributed by atoms with E-state index in [1.807, 2.05) is 13.0 Å². The fourth-order valence-corrected chi connectivity index (χ4v) is 3.94. The summed E-state index contributed by atoms with van der Waals surface area (Å²) in [7, 11) is 0. The third-order valence-corrected chi connectivity index (χ3v) is 5.27. The van der Waals surface area contributed by atoms with E-state index in [9.17, 15) is 9.18 Å². The molecule has 1 amide bonds. The number of aryl methyl sites for hydroxylation is 1. The number of benzene rings is 2. The number of hydrogen-bond donors (Lipinski definition) is 1. The largest absolute Gasteiger partial charge is 0.321 e. The highest BCUT2D eigenvalue weighted by Crippen LogP contribution is 2.31. The van der Waals surface area contributed by atoms with Gasteiger partial charge in [0.25, 0.3) is 5.91 Å². The van der Waals surface area contributed by atoms with Gasteiger partial charge in [0, 0.05) is 16.1 Å². The van der Waals surface area contributed by atoms with E-state index < -0.39 is 0 Å². The summed E-state index contributed by atoms with van der Waals surface area (Å²) in [4.78, 5) is 14.0. The van der Waals surface area contributed by atoms with Crippen LogP contribution in [-0.4, -0.2) is 15.7 Å². The summed E-state index contributed by atoms with van der Waals surface area (Å²) in [6.07, 6.45) is 0. The smallest absolute Gasteiger partial charge is 0.265 e. The van der Waals surface area contributed by atoms with Crippen LogP contribution < -0.4 is 5.32 Å². The van der Waals surface area contributed by atoms with E-state index in [1.165, 1.54) is 23.5 Å². The molecule has 0 aliphatic rings. The highest BCUT2D eigenvalue weighted by atomic mass is 35.5. The Morgan fingerprint density at radius 3 is 2.69 bits per heavy atom. The lowest BCUT2D eigenvalue weighted by atomic mass is 10.3. The van der Waals surface area contributed by atoms with Crippen LogP contribution in [-0.2, 0) is 0 Å². The monoisotopic (exact) mass is 385 g/mol. The van der Waals surface area contributed by atoms with Crippen molar-refractivity contribution >= 4 is 44.7 Å². The van der Waals surface area contributed by atoms with Gasteiger partial charge in [-0.3, -0.25) is 4.79 Å². The van der Waals surface area contributed by atoms with Crippen molar-refractivity contribution in [2.24, 2.45) is 0 Å². The molecule has 2 heterocycles. The zero-order chi connectivity index (χ0) is 18.3. The van der Waals surface area contributed by atoms with E-state index in [0.717, 1.165) is 21.6 Å². The molecule has 0 bridgehead atoms. The summed E-state index contributed by atoms with van der Waals surface area (Å²) in [5.74, 6) is -0.514. The SMILES string of the molecule is Cc1nn(-c2ccc(F)cc2)c2sc(C(=O)Nc3cccc(Cl)c3)cc12. The molecule has 26 heavy (non-hydrogen) atoms. The zero-order valence-corrected chi connectivity index (χ0v) is 15.2. The molecule has 0 atom stereocenters. The van der Waals surface area contributed by atoms with Gasteiger partial charge in [0.05, 0.1) is 16.3 Å². The van der Waals surface area contributed by atoms with Gasteiger partial charge in [-0.05, 0) is 55.5 Å². The van der Waals surface area contributed by atoms with Crippen LogP contribution in [0.2, 0.25) is 5.02 Å². The molecular formula is C19H13ClFN3OS. The second-order valence-electron chi connectivity index (χ2n) is 5.77. The van der Waals surface area contributed by atoms with Crippen molar-refractivity contribution < 1.29 is 9.18 Å². The fraction of sp³-hybridized carbons (Fsp3) is 0.0526. The van der Waals surface area contributed by atoms with Gasteiger partial charge in [-0.2, -0.15) is 5.10 Å². The van der Waals surface area contributed by atoms with Crippen LogP contribution in [0.3, 0.4) is 0 Å². The summed E-state index contributed by atoms with van der Waals surface area (Å²) in [6, 6.07) is 14.9. The minimum atomic E-state index is -0.304. The summed E-state index contributed by atoms with van der Waals surface area (Å²) < 4.78 is 14.9. The maximum Gasteiger partial charge on any atom is 0.265 e. The molecule has 130 valence electrons. The summed E-state index contributed by atoms with van der Waals surface area (Å²) in [5, 5.41) is 8.80. The molecule has 0 aliphatic heterocycles. The number of carbonyl (C=O) groups excluding carboxylic acids is 1. The van der Waals surface area contributed by atoms with Gasteiger partial charge in [0.1, 0.15) is 10.6 Å². The maximum absolute atomic E-state index is 13.2. The molecule has 0 fully saturated rings. The molecule has 7 heteroatoms. The molecule has 0 saturated carbocycles. The minimum absolute atomic E-state index is 0.210. The Bertz CT molecular complexity index is 1120. The van der Waals surface area contributed by atoms with Crippen LogP contribution in [0.4, 0.5) is 10.1 Å². The lowest BCUT2D eigenvalue weighted by Gasteiger charge is -2.04. The number of fused-ring (bicyclic) bond motifs is 1. The van der Waals surface area contributed by atoms with E-state index in [0.29, 0.717) is 15.6 Å². The lowest BCUT2D eigenvalue weighted by molar-refractivity contribution is 0.103. The standard InChI is InChI=1S/C19H13ClFN3OS/c1-11-16-10-17(18(25)22-14-4-2-3-12(20)9-14)26-19(16)24(23-11)15-7-5-13(21)6-8-15/h2-10H,1H3,(H,22,25). The third-order valence-electron chi connectivity index (χ3n) is 3.92. The van der Waals surface area contributed by atoms with Crippen LogP contribution in [0, 0.1) is 12.7 Å². The van der Waals surface area contributed by atoms with Gasteiger partial charge >= 0.3 is 0 Å². The molecule has 4 aromatic rings. The molecule has 2 aromatic heterocycles. The maximum atomic E-state index is 13.2. The van der Waals surface area contributed by atoms with Crippen molar-refractivity contribution in [1.29, 1.82) is 0 Å². The van der Waals surface area contributed by atoms with Crippen molar-refractivity contribution in [3.8, 4) is 5.69 Å². The Hall–Kier alpha value is -2.70. The number of nitrogens with one attached hydrogen (secondary N) is 1. The average molecular weight is 386 g/mol. The van der Waals surface area contributed by atoms with Gasteiger partial charge in [0.15, 0.2) is 0 Å². The number of carbonyl (C=O) groups is 1. The molecule has 4 rings (SSSR count). The quantitative estimate of drug-likeness (QED) is 0.510. The predicted octanol–water partition coefficient (Wildman–Crippen LogP) is 5.44. The van der Waals surface area contributed by atoms with E-state index in [1.54, 1.807) is 41.1 Å². The summed E-state index contributed by atoms with van der Waals surface area (Å²) in [6.45, 7) is 1.88. The van der Waals surface area contributed by atoms with Crippen molar-refractivity contribution in [3.05, 3.63) is 76.0 Å². The summed E-state index contributed by atoms with van der Waals surface area (Å²) >= 11 is 7.29. The zero-order valence-electron chi connectivity index (χ0n) is 13.7. The number of nitrogens with zero attached hydrogens (tertiary/aromatic N) is 2. The highest BCUT2D eigenvalue weighted by Gasteiger charge is 2.17. The summed E-state index contributed by atoms with van der Waals surface area (Å²) in [5.41, 5.74) is 2.19. The predicted molar refractivity (Wildman–Crippen MR) is 103 cm³/mol. The molecule has 4 nitrogen and oxygen atoms in total. The molecular weight excluding hydrogens is 373 g/mol. The Labute approximate surface area is 157 Å². The van der Waals surface area contributed by atoms with Crippen LogP contribution in [0.25, 0.3) is 15.9 Å². The van der Waals surface area contributed by atoms with E-state index >= 15 is 0 Å². The van der Waals surface area contributed by atoms with Gasteiger partial charge in [-0.25, -0.2) is 9.07 Å². The van der Waals surface area contributed by atoms with Crippen LogP contribution >= 0.6 is 22.9 Å². The topological polar surface area (TPSA) is 46.9 Å². The van der Waals surface area contributed by atoms with E-state index in [2.05, 4.69) is 10.4 Å². The Morgan fingerprint density at radius 1 is 1.19 bits per heavy atom. The Morgan fingerprint density at radius 2 is 1.96 bits per heavy atom. The molecule has 0 saturated heterocycles. The number of anilines is 1. The van der Waals surface area contributed by atoms with Crippen molar-refractivity contribution in [2.75, 3.05) is 5.32 Å². The van der Waals surface area contributed by atoms with Crippen molar-refractivity contribution in [2.45, 2.75) is 6.92 Å². The fourth-order valence-electron chi connectivity index (χ4n) is 2.68. The number of hydrogen-bond acceptors (Lipinski definition) is 3. The van der Waals surface area contributed by atoms with Crippen molar-refractivity contribution in [1.82, 2.24) is 9.78 Å². The molecule has 0 radical (unpaired) electrons. The van der Waals surface area contributed by atoms with E-state index in [4.69, 9.17) is 11.6 Å². The molecule has 0 unspecified atom stereocenters. The number of rotatable bonds is 3. The van der Waals surface area contributed by atoms with Gasteiger partial charge < -0.3 is 5.32 Å². The molecule has 1 N–H and O–H groups in total. The second-order valence-corrected chi connectivity index (χ2v) is 7.23. The number of aromatic nitrogens is 2. The Balaban J connectivity index is 1.70. The first-order valence-corrected chi connectivity index (χ1v) is 9.03. The first kappa shape index (κ1) is 16.8. The minimum Gasteiger partial charge on any atom is -0.321 e. The normalized spacial score (nSPS) is 11.0. The van der Waals surface area contributed by atoms with Crippen molar-refractivity contribution in [3.63, 3.8) is 0 Å². The van der Waals surface area contributed by atoms with E-state index in [-0.39, 0.29) is 11.7 Å². The van der Waals surface area contributed by atoms with Crippen LogP contribution in [0.15, 0.2) is 54.6 Å².